The fourth-order valence-corrected chi connectivity index (χ4v) is 3.85. The minimum Gasteiger partial charge on any atom is -0.352 e. The molecule has 0 spiro atoms. The van der Waals surface area contributed by atoms with Crippen molar-refractivity contribution in [1.82, 2.24) is 5.32 Å². The van der Waals surface area contributed by atoms with Crippen molar-refractivity contribution in [2.75, 3.05) is 12.8 Å². The van der Waals surface area contributed by atoms with Crippen molar-refractivity contribution in [2.45, 2.75) is 43.4 Å². The van der Waals surface area contributed by atoms with Gasteiger partial charge in [0.25, 0.3) is 5.91 Å². The number of rotatable bonds is 6. The lowest BCUT2D eigenvalue weighted by atomic mass is 10.0. The second-order valence-corrected chi connectivity index (χ2v) is 7.80. The van der Waals surface area contributed by atoms with Crippen molar-refractivity contribution in [3.05, 3.63) is 29.8 Å². The maximum Gasteiger partial charge on any atom is 0.252 e. The fourth-order valence-electron chi connectivity index (χ4n) is 2.96. The lowest BCUT2D eigenvalue weighted by Gasteiger charge is -2.11. The maximum atomic E-state index is 12.1. The third-order valence-corrected chi connectivity index (χ3v) is 5.24. The summed E-state index contributed by atoms with van der Waals surface area (Å²) in [6.45, 7) is 0.605. The summed E-state index contributed by atoms with van der Waals surface area (Å²) in [4.78, 5) is 12.2. The molecule has 1 N–H and O–H groups in total. The Hall–Kier alpha value is -1.36. The molecule has 0 saturated heterocycles. The topological polar surface area (TPSA) is 63.2 Å². The number of carbonyl (C=O) groups is 1. The minimum atomic E-state index is -3.38. The minimum absolute atomic E-state index is 0.0956. The summed E-state index contributed by atoms with van der Waals surface area (Å²) in [5.74, 6) is 0.507. The summed E-state index contributed by atoms with van der Waals surface area (Å²) in [5.41, 5.74) is 0.237. The molecule has 0 unspecified atom stereocenters. The molecule has 1 aliphatic rings. The van der Waals surface area contributed by atoms with Crippen LogP contribution < -0.4 is 5.32 Å². The van der Waals surface area contributed by atoms with E-state index in [9.17, 15) is 13.2 Å². The molecule has 1 fully saturated rings. The van der Waals surface area contributed by atoms with E-state index in [1.165, 1.54) is 31.7 Å². The molecule has 5 heteroatoms. The zero-order valence-corrected chi connectivity index (χ0v) is 13.3. The van der Waals surface area contributed by atoms with E-state index >= 15 is 0 Å². The average Bonchev–Trinajstić information content (AvgIpc) is 2.95. The van der Waals surface area contributed by atoms with Gasteiger partial charge < -0.3 is 5.32 Å². The van der Waals surface area contributed by atoms with Crippen LogP contribution >= 0.6 is 0 Å². The second-order valence-electron chi connectivity index (χ2n) is 5.82. The van der Waals surface area contributed by atoms with E-state index in [2.05, 4.69) is 5.32 Å². The second kappa shape index (κ2) is 7.07. The van der Waals surface area contributed by atoms with Crippen LogP contribution in [0.3, 0.4) is 0 Å². The van der Waals surface area contributed by atoms with E-state index in [0.717, 1.165) is 25.0 Å². The highest BCUT2D eigenvalue weighted by Crippen LogP contribution is 2.28. The number of hydrogen-bond acceptors (Lipinski definition) is 3. The largest absolute Gasteiger partial charge is 0.352 e. The highest BCUT2D eigenvalue weighted by molar-refractivity contribution is 7.90. The molecule has 0 atom stereocenters. The molecule has 1 aliphatic carbocycles. The summed E-state index contributed by atoms with van der Waals surface area (Å²) in [6.07, 6.45) is 8.51. The maximum absolute atomic E-state index is 12.1. The Morgan fingerprint density at radius 2 is 1.90 bits per heavy atom. The number of carbonyl (C=O) groups excluding carboxylic acids is 1. The lowest BCUT2D eigenvalue weighted by molar-refractivity contribution is 0.0949. The Balaban J connectivity index is 1.88. The van der Waals surface area contributed by atoms with Crippen LogP contribution in [0.4, 0.5) is 0 Å². The molecule has 0 bridgehead atoms. The molecule has 1 aromatic rings. The van der Waals surface area contributed by atoms with E-state index in [1.54, 1.807) is 18.2 Å². The molecule has 1 amide bonds. The van der Waals surface area contributed by atoms with Gasteiger partial charge in [0, 0.05) is 12.8 Å². The van der Waals surface area contributed by atoms with Gasteiger partial charge in [-0.15, -0.1) is 0 Å². The molecule has 4 nitrogen and oxygen atoms in total. The van der Waals surface area contributed by atoms with Crippen LogP contribution in [0.25, 0.3) is 0 Å². The molecular weight excluding hydrogens is 286 g/mol. The van der Waals surface area contributed by atoms with E-state index in [-0.39, 0.29) is 16.4 Å². The van der Waals surface area contributed by atoms with Crippen LogP contribution in [0.2, 0.25) is 0 Å². The molecule has 1 aromatic carbocycles. The summed E-state index contributed by atoms with van der Waals surface area (Å²) in [7, 11) is -3.38. The van der Waals surface area contributed by atoms with Gasteiger partial charge in [-0.2, -0.15) is 0 Å². The zero-order valence-electron chi connectivity index (χ0n) is 12.5. The number of amides is 1. The van der Waals surface area contributed by atoms with Crippen LogP contribution in [0.5, 0.6) is 0 Å². The first kappa shape index (κ1) is 16.0. The van der Waals surface area contributed by atoms with Crippen molar-refractivity contribution in [3.8, 4) is 0 Å². The molecular formula is C16H23NO3S. The summed E-state index contributed by atoms with van der Waals surface area (Å²) in [5, 5.41) is 2.83. The molecule has 0 aliphatic heterocycles. The number of benzene rings is 1. The highest BCUT2D eigenvalue weighted by atomic mass is 32.2. The van der Waals surface area contributed by atoms with Crippen molar-refractivity contribution in [2.24, 2.45) is 5.92 Å². The monoisotopic (exact) mass is 309 g/mol. The van der Waals surface area contributed by atoms with Crippen LogP contribution in [-0.2, 0) is 9.84 Å². The Morgan fingerprint density at radius 1 is 1.24 bits per heavy atom. The van der Waals surface area contributed by atoms with Gasteiger partial charge in [0.05, 0.1) is 10.5 Å². The Kier molecular flexibility index (Phi) is 5.39. The van der Waals surface area contributed by atoms with Gasteiger partial charge in [-0.05, 0) is 30.9 Å². The van der Waals surface area contributed by atoms with Crippen molar-refractivity contribution < 1.29 is 13.2 Å². The van der Waals surface area contributed by atoms with Gasteiger partial charge in [0.15, 0.2) is 9.84 Å². The molecule has 2 rings (SSSR count). The summed E-state index contributed by atoms with van der Waals surface area (Å²) in [6, 6.07) is 6.35. The standard InChI is InChI=1S/C16H23NO3S/c1-21(19,20)15-11-5-4-10-14(15)16(18)17-12-6-9-13-7-2-3-8-13/h4-5,10-11,13H,2-3,6-9,12H2,1H3,(H,17,18). The predicted molar refractivity (Wildman–Crippen MR) is 83.1 cm³/mol. The SMILES string of the molecule is CS(=O)(=O)c1ccccc1C(=O)NCCCC1CCCC1. The number of sulfone groups is 1. The first-order valence-corrected chi connectivity index (χ1v) is 9.45. The first-order chi connectivity index (χ1) is 9.98. The Bertz CT molecular complexity index is 589. The Labute approximate surface area is 126 Å². The fraction of sp³-hybridized carbons (Fsp3) is 0.562. The summed E-state index contributed by atoms with van der Waals surface area (Å²) < 4.78 is 23.4. The van der Waals surface area contributed by atoms with Gasteiger partial charge >= 0.3 is 0 Å². The molecule has 1 saturated carbocycles. The normalized spacial score (nSPS) is 16.0. The molecule has 0 heterocycles. The van der Waals surface area contributed by atoms with E-state index in [1.807, 2.05) is 0 Å². The van der Waals surface area contributed by atoms with Gasteiger partial charge in [-0.1, -0.05) is 37.8 Å². The molecule has 0 aromatic heterocycles. The van der Waals surface area contributed by atoms with Gasteiger partial charge in [0.1, 0.15) is 0 Å². The molecule has 21 heavy (non-hydrogen) atoms. The smallest absolute Gasteiger partial charge is 0.252 e. The quantitative estimate of drug-likeness (QED) is 0.822. The van der Waals surface area contributed by atoms with Crippen LogP contribution in [0.1, 0.15) is 48.9 Å². The van der Waals surface area contributed by atoms with Crippen LogP contribution in [0.15, 0.2) is 29.2 Å². The number of hydrogen-bond donors (Lipinski definition) is 1. The Morgan fingerprint density at radius 3 is 2.57 bits per heavy atom. The van der Waals surface area contributed by atoms with E-state index < -0.39 is 9.84 Å². The van der Waals surface area contributed by atoms with E-state index in [0.29, 0.717) is 6.54 Å². The third-order valence-electron chi connectivity index (χ3n) is 4.08. The van der Waals surface area contributed by atoms with Gasteiger partial charge in [0.2, 0.25) is 0 Å². The lowest BCUT2D eigenvalue weighted by Crippen LogP contribution is -2.26. The number of nitrogens with one attached hydrogen (secondary N) is 1. The van der Waals surface area contributed by atoms with Crippen molar-refractivity contribution >= 4 is 15.7 Å². The van der Waals surface area contributed by atoms with Gasteiger partial charge in [-0.25, -0.2) is 8.42 Å². The van der Waals surface area contributed by atoms with Crippen molar-refractivity contribution in [3.63, 3.8) is 0 Å². The zero-order chi connectivity index (χ0) is 15.3. The third kappa shape index (κ3) is 4.56. The molecule has 0 radical (unpaired) electrons. The van der Waals surface area contributed by atoms with E-state index in [4.69, 9.17) is 0 Å². The highest BCUT2D eigenvalue weighted by Gasteiger charge is 2.18. The predicted octanol–water partition coefficient (Wildman–Crippen LogP) is 2.79. The van der Waals surface area contributed by atoms with Gasteiger partial charge in [-0.3, -0.25) is 4.79 Å². The molecule has 116 valence electrons. The van der Waals surface area contributed by atoms with Crippen molar-refractivity contribution in [1.29, 1.82) is 0 Å². The first-order valence-electron chi connectivity index (χ1n) is 7.56. The van der Waals surface area contributed by atoms with Crippen LogP contribution in [0, 0.1) is 5.92 Å². The summed E-state index contributed by atoms with van der Waals surface area (Å²) >= 11 is 0. The van der Waals surface area contributed by atoms with Crippen LogP contribution in [-0.4, -0.2) is 27.1 Å². The average molecular weight is 309 g/mol.